The topological polar surface area (TPSA) is 18.5 Å². The predicted molar refractivity (Wildman–Crippen MR) is 111 cm³/mol. The SMILES string of the molecule is CCCCCC1CCC(c2ccc(B3OC(C)(C)C(C)(C)O3)cc2)CC1. The Balaban J connectivity index is 1.54. The van der Waals surface area contributed by atoms with Crippen molar-refractivity contribution in [2.45, 2.75) is 103 Å². The summed E-state index contributed by atoms with van der Waals surface area (Å²) in [6.45, 7) is 10.7. The van der Waals surface area contributed by atoms with Gasteiger partial charge in [0.15, 0.2) is 0 Å². The van der Waals surface area contributed by atoms with Gasteiger partial charge < -0.3 is 9.31 Å². The summed E-state index contributed by atoms with van der Waals surface area (Å²) in [7, 11) is -0.247. The molecule has 0 spiro atoms. The molecule has 0 radical (unpaired) electrons. The van der Waals surface area contributed by atoms with Gasteiger partial charge in [0.2, 0.25) is 0 Å². The Morgan fingerprint density at radius 3 is 2.00 bits per heavy atom. The quantitative estimate of drug-likeness (QED) is 0.471. The minimum Gasteiger partial charge on any atom is -0.399 e. The van der Waals surface area contributed by atoms with Gasteiger partial charge in [0.05, 0.1) is 11.2 Å². The van der Waals surface area contributed by atoms with E-state index in [9.17, 15) is 0 Å². The van der Waals surface area contributed by atoms with Crippen molar-refractivity contribution in [1.82, 2.24) is 0 Å². The van der Waals surface area contributed by atoms with Crippen molar-refractivity contribution < 1.29 is 9.31 Å². The molecule has 1 saturated carbocycles. The molecule has 2 aliphatic rings. The van der Waals surface area contributed by atoms with Crippen molar-refractivity contribution in [3.8, 4) is 0 Å². The first-order chi connectivity index (χ1) is 12.3. The third-order valence-electron chi connectivity index (χ3n) is 7.00. The highest BCUT2D eigenvalue weighted by Crippen LogP contribution is 2.38. The van der Waals surface area contributed by atoms with Crippen LogP contribution in [0.15, 0.2) is 24.3 Å². The molecule has 0 aromatic heterocycles. The molecule has 1 aromatic rings. The fourth-order valence-corrected chi connectivity index (χ4v) is 4.37. The lowest BCUT2D eigenvalue weighted by atomic mass is 9.75. The minimum atomic E-state index is -0.271. The van der Waals surface area contributed by atoms with Gasteiger partial charge in [-0.05, 0) is 76.2 Å². The zero-order chi connectivity index (χ0) is 18.8. The zero-order valence-electron chi connectivity index (χ0n) is 17.5. The molecule has 0 amide bonds. The summed E-state index contributed by atoms with van der Waals surface area (Å²) < 4.78 is 12.3. The van der Waals surface area contributed by atoms with E-state index in [0.717, 1.165) is 17.3 Å². The minimum absolute atomic E-state index is 0.247. The van der Waals surface area contributed by atoms with Crippen LogP contribution in [0, 0.1) is 5.92 Å². The highest BCUT2D eigenvalue weighted by Gasteiger charge is 2.51. The zero-order valence-corrected chi connectivity index (χ0v) is 17.5. The van der Waals surface area contributed by atoms with Crippen LogP contribution in [0.3, 0.4) is 0 Å². The van der Waals surface area contributed by atoms with Gasteiger partial charge in [-0.25, -0.2) is 0 Å². The molecule has 1 saturated heterocycles. The Bertz CT molecular complexity index is 554. The Kier molecular flexibility index (Phi) is 6.19. The highest BCUT2D eigenvalue weighted by atomic mass is 16.7. The van der Waals surface area contributed by atoms with Crippen LogP contribution >= 0.6 is 0 Å². The number of hydrogen-bond acceptors (Lipinski definition) is 2. The van der Waals surface area contributed by atoms with Gasteiger partial charge in [-0.3, -0.25) is 0 Å². The van der Waals surface area contributed by atoms with E-state index in [4.69, 9.17) is 9.31 Å². The maximum Gasteiger partial charge on any atom is 0.494 e. The monoisotopic (exact) mass is 356 g/mol. The molecule has 26 heavy (non-hydrogen) atoms. The lowest BCUT2D eigenvalue weighted by Gasteiger charge is -2.32. The van der Waals surface area contributed by atoms with Crippen molar-refractivity contribution in [3.63, 3.8) is 0 Å². The average Bonchev–Trinajstić information content (AvgIpc) is 2.84. The second-order valence-corrected chi connectivity index (χ2v) is 9.47. The van der Waals surface area contributed by atoms with Crippen LogP contribution in [-0.4, -0.2) is 18.3 Å². The first-order valence-electron chi connectivity index (χ1n) is 10.8. The lowest BCUT2D eigenvalue weighted by molar-refractivity contribution is 0.00578. The van der Waals surface area contributed by atoms with Gasteiger partial charge in [-0.15, -0.1) is 0 Å². The van der Waals surface area contributed by atoms with Crippen LogP contribution in [0.2, 0.25) is 0 Å². The fraction of sp³-hybridized carbons (Fsp3) is 0.739. The molecular weight excluding hydrogens is 319 g/mol. The third kappa shape index (κ3) is 4.36. The fourth-order valence-electron chi connectivity index (χ4n) is 4.37. The van der Waals surface area contributed by atoms with Crippen molar-refractivity contribution >= 4 is 12.6 Å². The molecule has 2 nitrogen and oxygen atoms in total. The smallest absolute Gasteiger partial charge is 0.399 e. The summed E-state index contributed by atoms with van der Waals surface area (Å²) in [6.07, 6.45) is 11.1. The Morgan fingerprint density at radius 2 is 1.46 bits per heavy atom. The third-order valence-corrected chi connectivity index (χ3v) is 7.00. The molecule has 1 heterocycles. The molecule has 1 aliphatic heterocycles. The largest absolute Gasteiger partial charge is 0.494 e. The molecule has 2 fully saturated rings. The van der Waals surface area contributed by atoms with Crippen LogP contribution < -0.4 is 5.46 Å². The van der Waals surface area contributed by atoms with E-state index in [1.165, 1.54) is 56.9 Å². The summed E-state index contributed by atoms with van der Waals surface area (Å²) in [4.78, 5) is 0. The van der Waals surface area contributed by atoms with Crippen molar-refractivity contribution in [3.05, 3.63) is 29.8 Å². The van der Waals surface area contributed by atoms with Gasteiger partial charge >= 0.3 is 7.12 Å². The normalized spacial score (nSPS) is 27.7. The van der Waals surface area contributed by atoms with Crippen LogP contribution in [0.4, 0.5) is 0 Å². The van der Waals surface area contributed by atoms with Crippen LogP contribution in [0.1, 0.15) is 97.5 Å². The van der Waals surface area contributed by atoms with E-state index in [0.29, 0.717) is 0 Å². The van der Waals surface area contributed by atoms with Crippen molar-refractivity contribution in [2.24, 2.45) is 5.92 Å². The number of unbranched alkanes of at least 4 members (excludes halogenated alkanes) is 2. The molecule has 144 valence electrons. The Hall–Kier alpha value is -0.795. The molecular formula is C23H37BO2. The highest BCUT2D eigenvalue weighted by molar-refractivity contribution is 6.62. The summed E-state index contributed by atoms with van der Waals surface area (Å²) in [5.41, 5.74) is 2.09. The maximum atomic E-state index is 6.17. The Labute approximate surface area is 161 Å². The van der Waals surface area contributed by atoms with Gasteiger partial charge in [-0.1, -0.05) is 56.9 Å². The van der Waals surface area contributed by atoms with E-state index in [1.54, 1.807) is 0 Å². The van der Waals surface area contributed by atoms with Crippen molar-refractivity contribution in [2.75, 3.05) is 0 Å². The number of benzene rings is 1. The van der Waals surface area contributed by atoms with E-state index in [-0.39, 0.29) is 18.3 Å². The lowest BCUT2D eigenvalue weighted by Crippen LogP contribution is -2.41. The molecule has 1 aliphatic carbocycles. The second-order valence-electron chi connectivity index (χ2n) is 9.47. The van der Waals surface area contributed by atoms with E-state index in [1.807, 2.05) is 0 Å². The van der Waals surface area contributed by atoms with Crippen LogP contribution in [0.5, 0.6) is 0 Å². The summed E-state index contributed by atoms with van der Waals surface area (Å²) in [6, 6.07) is 9.04. The molecule has 0 N–H and O–H groups in total. The second kappa shape index (κ2) is 8.06. The molecule has 3 rings (SSSR count). The average molecular weight is 356 g/mol. The standard InChI is InChI=1S/C23H37BO2/c1-6-7-8-9-18-10-12-19(13-11-18)20-14-16-21(17-15-20)24-25-22(2,3)23(4,5)26-24/h14-19H,6-13H2,1-5H3. The first-order valence-corrected chi connectivity index (χ1v) is 10.8. The van der Waals surface area contributed by atoms with Crippen LogP contribution in [-0.2, 0) is 9.31 Å². The molecule has 0 atom stereocenters. The van der Waals surface area contributed by atoms with Gasteiger partial charge in [0.25, 0.3) is 0 Å². The molecule has 0 bridgehead atoms. The van der Waals surface area contributed by atoms with Gasteiger partial charge in [-0.2, -0.15) is 0 Å². The summed E-state index contributed by atoms with van der Waals surface area (Å²) >= 11 is 0. The van der Waals surface area contributed by atoms with Gasteiger partial charge in [0.1, 0.15) is 0 Å². The molecule has 1 aromatic carbocycles. The van der Waals surface area contributed by atoms with Crippen molar-refractivity contribution in [1.29, 1.82) is 0 Å². The molecule has 0 unspecified atom stereocenters. The molecule has 3 heteroatoms. The van der Waals surface area contributed by atoms with Crippen LogP contribution in [0.25, 0.3) is 0 Å². The first kappa shape index (κ1) is 20.0. The van der Waals surface area contributed by atoms with E-state index >= 15 is 0 Å². The maximum absolute atomic E-state index is 6.17. The number of rotatable bonds is 6. The van der Waals surface area contributed by atoms with E-state index < -0.39 is 0 Å². The summed E-state index contributed by atoms with van der Waals surface area (Å²) in [5, 5.41) is 0. The number of hydrogen-bond donors (Lipinski definition) is 0. The predicted octanol–water partition coefficient (Wildman–Crippen LogP) is 5.84. The summed E-state index contributed by atoms with van der Waals surface area (Å²) in [5.74, 6) is 1.71. The Morgan fingerprint density at radius 1 is 0.885 bits per heavy atom. The van der Waals surface area contributed by atoms with E-state index in [2.05, 4.69) is 58.9 Å². The van der Waals surface area contributed by atoms with Gasteiger partial charge in [0, 0.05) is 0 Å².